The van der Waals surface area contributed by atoms with Gasteiger partial charge in [-0.25, -0.2) is 0 Å². The van der Waals surface area contributed by atoms with E-state index in [1.54, 1.807) is 0 Å². The Morgan fingerprint density at radius 1 is 1.20 bits per heavy atom. The van der Waals surface area contributed by atoms with Gasteiger partial charge in [0, 0.05) is 12.1 Å². The molecular weight excluding hydrogens is 361 g/mol. The lowest BCUT2D eigenvalue weighted by Gasteiger charge is -2.11. The normalized spacial score (nSPS) is 11.2. The minimum atomic E-state index is -4.53. The van der Waals surface area contributed by atoms with E-state index in [2.05, 4.69) is 15.4 Å². The number of carbonyl (C=O) groups excluding carboxylic acids is 2. The van der Waals surface area contributed by atoms with Crippen LogP contribution in [0.3, 0.4) is 0 Å². The highest BCUT2D eigenvalue weighted by molar-refractivity contribution is 6.31. The zero-order valence-corrected chi connectivity index (χ0v) is 14.5. The number of hydrogen-bond acceptors (Lipinski definition) is 4. The number of hydrogen-bond donors (Lipinski definition) is 2. The number of nitrogens with one attached hydrogen (secondary N) is 2. The average Bonchev–Trinajstić information content (AvgIpc) is 2.52. The zero-order valence-electron chi connectivity index (χ0n) is 13.7. The van der Waals surface area contributed by atoms with E-state index in [-0.39, 0.29) is 24.1 Å². The van der Waals surface area contributed by atoms with Gasteiger partial charge < -0.3 is 15.4 Å². The molecule has 1 aromatic rings. The highest BCUT2D eigenvalue weighted by Crippen LogP contribution is 2.35. The molecule has 2 N–H and O–H groups in total. The van der Waals surface area contributed by atoms with E-state index >= 15 is 0 Å². The topological polar surface area (TPSA) is 67.4 Å². The molecule has 0 aliphatic carbocycles. The van der Waals surface area contributed by atoms with Gasteiger partial charge >= 0.3 is 12.1 Å². The summed E-state index contributed by atoms with van der Waals surface area (Å²) in [6, 6.07) is 3.04. The second-order valence-corrected chi connectivity index (χ2v) is 5.71. The van der Waals surface area contributed by atoms with Gasteiger partial charge in [-0.3, -0.25) is 9.59 Å². The standard InChI is InChI=1S/C16H20ClF3N2O3/c1-25-15(24)5-3-2-4-8-21-10-14(23)22-11-6-7-12(13(17)9-11)16(18,19)20/h6-7,9,21H,2-5,8,10H2,1H3,(H,22,23). The van der Waals surface area contributed by atoms with Crippen molar-refractivity contribution < 1.29 is 27.5 Å². The molecule has 0 saturated carbocycles. The minimum absolute atomic E-state index is 0.0235. The molecular formula is C16H20ClF3N2O3. The number of alkyl halides is 3. The number of methoxy groups -OCH3 is 1. The highest BCUT2D eigenvalue weighted by atomic mass is 35.5. The van der Waals surface area contributed by atoms with Crippen molar-refractivity contribution >= 4 is 29.2 Å². The average molecular weight is 381 g/mol. The molecule has 0 radical (unpaired) electrons. The lowest BCUT2D eigenvalue weighted by molar-refractivity contribution is -0.140. The Kier molecular flexibility index (Phi) is 8.71. The van der Waals surface area contributed by atoms with Gasteiger partial charge in [-0.05, 0) is 37.6 Å². The summed E-state index contributed by atoms with van der Waals surface area (Å²) in [6.45, 7) is 0.609. The second-order valence-electron chi connectivity index (χ2n) is 5.30. The molecule has 0 bridgehead atoms. The Morgan fingerprint density at radius 3 is 2.52 bits per heavy atom. The zero-order chi connectivity index (χ0) is 18.9. The predicted molar refractivity (Wildman–Crippen MR) is 88.4 cm³/mol. The number of ether oxygens (including phenoxy) is 1. The molecule has 1 aromatic carbocycles. The first-order chi connectivity index (χ1) is 11.7. The molecule has 0 atom stereocenters. The number of benzene rings is 1. The van der Waals surface area contributed by atoms with Gasteiger partial charge in [0.1, 0.15) is 0 Å². The van der Waals surface area contributed by atoms with Crippen molar-refractivity contribution in [2.24, 2.45) is 0 Å². The molecule has 140 valence electrons. The van der Waals surface area contributed by atoms with E-state index in [1.165, 1.54) is 7.11 Å². The van der Waals surface area contributed by atoms with E-state index < -0.39 is 16.8 Å². The van der Waals surface area contributed by atoms with E-state index in [0.29, 0.717) is 19.4 Å². The fourth-order valence-corrected chi connectivity index (χ4v) is 2.32. The third-order valence-corrected chi connectivity index (χ3v) is 3.62. The molecule has 0 spiro atoms. The molecule has 0 aromatic heterocycles. The van der Waals surface area contributed by atoms with Crippen molar-refractivity contribution in [1.82, 2.24) is 5.32 Å². The van der Waals surface area contributed by atoms with E-state index in [1.807, 2.05) is 0 Å². The molecule has 0 aliphatic heterocycles. The largest absolute Gasteiger partial charge is 0.469 e. The van der Waals surface area contributed by atoms with E-state index in [4.69, 9.17) is 11.6 Å². The summed E-state index contributed by atoms with van der Waals surface area (Å²) in [5, 5.41) is 4.92. The number of unbranched alkanes of at least 4 members (excludes halogenated alkanes) is 2. The Bertz CT molecular complexity index is 594. The molecule has 0 fully saturated rings. The summed E-state index contributed by atoms with van der Waals surface area (Å²) < 4.78 is 42.3. The fraction of sp³-hybridized carbons (Fsp3) is 0.500. The molecule has 0 aliphatic rings. The van der Waals surface area contributed by atoms with Gasteiger partial charge in [0.25, 0.3) is 0 Å². The Morgan fingerprint density at radius 2 is 1.92 bits per heavy atom. The van der Waals surface area contributed by atoms with Gasteiger partial charge in [-0.15, -0.1) is 0 Å². The summed E-state index contributed by atoms with van der Waals surface area (Å²) in [5.41, 5.74) is -0.750. The third kappa shape index (κ3) is 8.22. The molecule has 1 rings (SSSR count). The summed E-state index contributed by atoms with van der Waals surface area (Å²) in [5.74, 6) is -0.632. The van der Waals surface area contributed by atoms with Crippen LogP contribution < -0.4 is 10.6 Å². The summed E-state index contributed by atoms with van der Waals surface area (Å²) in [4.78, 5) is 22.6. The van der Waals surface area contributed by atoms with Crippen molar-refractivity contribution in [1.29, 1.82) is 0 Å². The maximum absolute atomic E-state index is 12.6. The lowest BCUT2D eigenvalue weighted by Crippen LogP contribution is -2.28. The van der Waals surface area contributed by atoms with Crippen LogP contribution >= 0.6 is 11.6 Å². The molecule has 1 amide bonds. The SMILES string of the molecule is COC(=O)CCCCCNCC(=O)Nc1ccc(C(F)(F)F)c(Cl)c1. The number of rotatable bonds is 9. The van der Waals surface area contributed by atoms with E-state index in [0.717, 1.165) is 31.0 Å². The fourth-order valence-electron chi connectivity index (χ4n) is 2.03. The van der Waals surface area contributed by atoms with Crippen molar-refractivity contribution in [3.05, 3.63) is 28.8 Å². The predicted octanol–water partition coefficient (Wildman–Crippen LogP) is 3.62. The molecule has 25 heavy (non-hydrogen) atoms. The maximum atomic E-state index is 12.6. The number of halogens is 4. The van der Waals surface area contributed by atoms with Crippen LogP contribution in [-0.2, 0) is 20.5 Å². The smallest absolute Gasteiger partial charge is 0.417 e. The summed E-state index contributed by atoms with van der Waals surface area (Å²) in [7, 11) is 1.34. The number of carbonyl (C=O) groups is 2. The number of esters is 1. The van der Waals surface area contributed by atoms with Crippen LogP contribution in [0.1, 0.15) is 31.2 Å². The van der Waals surface area contributed by atoms with Crippen LogP contribution in [0.5, 0.6) is 0 Å². The maximum Gasteiger partial charge on any atom is 0.417 e. The van der Waals surface area contributed by atoms with Crippen LogP contribution in [0, 0.1) is 0 Å². The summed E-state index contributed by atoms with van der Waals surface area (Å²) >= 11 is 5.59. The first kappa shape index (κ1) is 21.2. The van der Waals surface area contributed by atoms with Gasteiger partial charge in [0.05, 0.1) is 24.2 Å². The number of amides is 1. The van der Waals surface area contributed by atoms with Crippen LogP contribution in [-0.4, -0.2) is 32.1 Å². The Balaban J connectivity index is 2.27. The van der Waals surface area contributed by atoms with Gasteiger partial charge in [-0.1, -0.05) is 18.0 Å². The molecule has 5 nitrogen and oxygen atoms in total. The van der Waals surface area contributed by atoms with Crippen molar-refractivity contribution in [3.8, 4) is 0 Å². The Labute approximate surface area is 148 Å². The summed E-state index contributed by atoms with van der Waals surface area (Å²) in [6.07, 6.45) is -1.85. The van der Waals surface area contributed by atoms with Gasteiger partial charge in [0.15, 0.2) is 0 Å². The lowest BCUT2D eigenvalue weighted by atomic mass is 10.2. The van der Waals surface area contributed by atoms with Crippen LogP contribution in [0.4, 0.5) is 18.9 Å². The van der Waals surface area contributed by atoms with Crippen molar-refractivity contribution in [2.45, 2.75) is 31.9 Å². The van der Waals surface area contributed by atoms with Crippen LogP contribution in [0.25, 0.3) is 0 Å². The molecule has 0 heterocycles. The van der Waals surface area contributed by atoms with Crippen LogP contribution in [0.2, 0.25) is 5.02 Å². The second kappa shape index (κ2) is 10.2. The first-order valence-electron chi connectivity index (χ1n) is 7.68. The molecule has 0 unspecified atom stereocenters. The molecule has 0 saturated heterocycles. The van der Waals surface area contributed by atoms with Crippen molar-refractivity contribution in [2.75, 3.05) is 25.5 Å². The third-order valence-electron chi connectivity index (χ3n) is 3.31. The van der Waals surface area contributed by atoms with Crippen LogP contribution in [0.15, 0.2) is 18.2 Å². The minimum Gasteiger partial charge on any atom is -0.469 e. The molecule has 9 heteroatoms. The monoisotopic (exact) mass is 380 g/mol. The first-order valence-corrected chi connectivity index (χ1v) is 8.06. The van der Waals surface area contributed by atoms with Crippen molar-refractivity contribution in [3.63, 3.8) is 0 Å². The quantitative estimate of drug-likeness (QED) is 0.507. The van der Waals surface area contributed by atoms with E-state index in [9.17, 15) is 22.8 Å². The van der Waals surface area contributed by atoms with Gasteiger partial charge in [-0.2, -0.15) is 13.2 Å². The Hall–Kier alpha value is -1.80. The highest BCUT2D eigenvalue weighted by Gasteiger charge is 2.33. The number of anilines is 1. The van der Waals surface area contributed by atoms with Gasteiger partial charge in [0.2, 0.25) is 5.91 Å².